The lowest BCUT2D eigenvalue weighted by Gasteiger charge is -2.20. The molecule has 0 spiro atoms. The number of benzene rings is 1. The van der Waals surface area contributed by atoms with E-state index in [1.807, 2.05) is 6.07 Å². The van der Waals surface area contributed by atoms with E-state index in [-0.39, 0.29) is 22.8 Å². The molecule has 1 aromatic carbocycles. The van der Waals surface area contributed by atoms with E-state index in [9.17, 15) is 9.50 Å². The van der Waals surface area contributed by atoms with Crippen LogP contribution in [0.3, 0.4) is 0 Å². The Bertz CT molecular complexity index is 1140. The van der Waals surface area contributed by atoms with Crippen molar-refractivity contribution in [2.45, 2.75) is 37.8 Å². The predicted octanol–water partition coefficient (Wildman–Crippen LogP) is 3.17. The Morgan fingerprint density at radius 2 is 2.00 bits per heavy atom. The summed E-state index contributed by atoms with van der Waals surface area (Å²) < 4.78 is 19.9. The van der Waals surface area contributed by atoms with Gasteiger partial charge in [-0.05, 0) is 50.5 Å². The fourth-order valence-corrected chi connectivity index (χ4v) is 4.13. The van der Waals surface area contributed by atoms with Gasteiger partial charge in [0, 0.05) is 47.4 Å². The molecular formula is C23H25FN6O2. The van der Waals surface area contributed by atoms with Gasteiger partial charge in [-0.1, -0.05) is 0 Å². The maximum atomic E-state index is 14.9. The van der Waals surface area contributed by atoms with E-state index in [1.54, 1.807) is 12.1 Å². The number of hydrogen-bond acceptors (Lipinski definition) is 8. The third kappa shape index (κ3) is 4.08. The van der Waals surface area contributed by atoms with Gasteiger partial charge in [0.2, 0.25) is 5.88 Å². The first-order valence-electron chi connectivity index (χ1n) is 10.7. The first-order chi connectivity index (χ1) is 15.4. The third-order valence-electron chi connectivity index (χ3n) is 6.23. The number of anilines is 1. The summed E-state index contributed by atoms with van der Waals surface area (Å²) in [5.41, 5.74) is 1.64. The first kappa shape index (κ1) is 20.6. The van der Waals surface area contributed by atoms with Crippen LogP contribution < -0.4 is 15.0 Å². The Hall–Kier alpha value is -3.33. The Morgan fingerprint density at radius 3 is 2.72 bits per heavy atom. The number of phenols is 1. The predicted molar refractivity (Wildman–Crippen MR) is 118 cm³/mol. The van der Waals surface area contributed by atoms with E-state index in [2.05, 4.69) is 37.5 Å². The topological polar surface area (TPSA) is 96.3 Å². The second-order valence-electron chi connectivity index (χ2n) is 8.75. The molecule has 0 bridgehead atoms. The molecule has 0 radical (unpaired) electrons. The van der Waals surface area contributed by atoms with Gasteiger partial charge in [-0.15, -0.1) is 15.3 Å². The molecule has 32 heavy (non-hydrogen) atoms. The van der Waals surface area contributed by atoms with Crippen LogP contribution in [0.1, 0.15) is 26.2 Å². The highest BCUT2D eigenvalue weighted by Gasteiger charge is 2.40. The minimum atomic E-state index is -0.513. The molecule has 1 aliphatic heterocycles. The lowest BCUT2D eigenvalue weighted by atomic mass is 10.0. The van der Waals surface area contributed by atoms with Crippen molar-refractivity contribution < 1.29 is 14.2 Å². The number of aromatic nitrogens is 4. The molecule has 1 saturated heterocycles. The van der Waals surface area contributed by atoms with Crippen molar-refractivity contribution in [1.82, 2.24) is 25.7 Å². The van der Waals surface area contributed by atoms with Gasteiger partial charge in [0.1, 0.15) is 11.6 Å². The number of ether oxygens (including phenoxy) is 1. The SMILES string of the molecule is COc1cc(-c2cc(O)c(-c3ccc(N4CCC(NC5(C)CC5)C4)nn3)cc2F)cnn1. The van der Waals surface area contributed by atoms with Gasteiger partial charge in [0.15, 0.2) is 5.82 Å². The number of nitrogens with one attached hydrogen (secondary N) is 1. The van der Waals surface area contributed by atoms with Crippen molar-refractivity contribution in [3.8, 4) is 34.0 Å². The van der Waals surface area contributed by atoms with Crippen molar-refractivity contribution in [3.05, 3.63) is 42.3 Å². The average molecular weight is 436 g/mol. The Morgan fingerprint density at radius 1 is 1.16 bits per heavy atom. The molecule has 2 N–H and O–H groups in total. The zero-order valence-electron chi connectivity index (χ0n) is 18.0. The molecule has 5 rings (SSSR count). The molecule has 1 aliphatic carbocycles. The van der Waals surface area contributed by atoms with Crippen molar-refractivity contribution in [1.29, 1.82) is 0 Å². The van der Waals surface area contributed by atoms with Gasteiger partial charge in [0.25, 0.3) is 0 Å². The maximum Gasteiger partial charge on any atom is 0.233 e. The van der Waals surface area contributed by atoms with Crippen LogP contribution in [-0.4, -0.2) is 57.3 Å². The van der Waals surface area contributed by atoms with Crippen LogP contribution in [0.2, 0.25) is 0 Å². The Labute approximate surface area is 185 Å². The minimum Gasteiger partial charge on any atom is -0.507 e. The molecule has 1 unspecified atom stereocenters. The molecule has 8 nitrogen and oxygen atoms in total. The van der Waals surface area contributed by atoms with Gasteiger partial charge < -0.3 is 20.1 Å². The lowest BCUT2D eigenvalue weighted by molar-refractivity contribution is 0.392. The molecule has 2 aromatic heterocycles. The number of hydrogen-bond donors (Lipinski definition) is 2. The van der Waals surface area contributed by atoms with Crippen LogP contribution in [0.4, 0.5) is 10.2 Å². The summed E-state index contributed by atoms with van der Waals surface area (Å²) in [6.45, 7) is 4.07. The molecular weight excluding hydrogens is 411 g/mol. The van der Waals surface area contributed by atoms with Crippen molar-refractivity contribution >= 4 is 5.82 Å². The monoisotopic (exact) mass is 436 g/mol. The highest BCUT2D eigenvalue weighted by Crippen LogP contribution is 2.37. The summed E-state index contributed by atoms with van der Waals surface area (Å²) in [7, 11) is 1.46. The highest BCUT2D eigenvalue weighted by atomic mass is 19.1. The van der Waals surface area contributed by atoms with Crippen molar-refractivity contribution in [3.63, 3.8) is 0 Å². The van der Waals surface area contributed by atoms with E-state index in [0.29, 0.717) is 22.8 Å². The van der Waals surface area contributed by atoms with E-state index < -0.39 is 5.82 Å². The molecule has 2 fully saturated rings. The summed E-state index contributed by atoms with van der Waals surface area (Å²) in [5.74, 6) is 0.436. The maximum absolute atomic E-state index is 14.9. The molecule has 166 valence electrons. The fraction of sp³-hybridized carbons (Fsp3) is 0.391. The van der Waals surface area contributed by atoms with Crippen molar-refractivity contribution in [2.75, 3.05) is 25.1 Å². The number of aromatic hydroxyl groups is 1. The molecule has 3 aromatic rings. The van der Waals surface area contributed by atoms with Gasteiger partial charge in [-0.25, -0.2) is 4.39 Å². The third-order valence-corrected chi connectivity index (χ3v) is 6.23. The normalized spacial score (nSPS) is 19.2. The second-order valence-corrected chi connectivity index (χ2v) is 8.75. The first-order valence-corrected chi connectivity index (χ1v) is 10.7. The van der Waals surface area contributed by atoms with Crippen LogP contribution in [-0.2, 0) is 0 Å². The summed E-state index contributed by atoms with van der Waals surface area (Å²) in [6.07, 6.45) is 4.96. The number of phenolic OH excluding ortho intramolecular Hbond substituents is 1. The standard InChI is InChI=1S/C23H25FN6O2/c1-23(6-7-23)26-15-5-8-30(13-15)21-4-3-19(27-28-21)17-10-18(24)16(11-20(17)31)14-9-22(32-2)29-25-12-14/h3-4,9-12,15,26,31H,5-8,13H2,1-2H3. The van der Waals surface area contributed by atoms with Gasteiger partial charge in [0.05, 0.1) is 19.0 Å². The molecule has 9 heteroatoms. The van der Waals surface area contributed by atoms with E-state index in [0.717, 1.165) is 25.3 Å². The van der Waals surface area contributed by atoms with Gasteiger partial charge in [-0.2, -0.15) is 5.10 Å². The fourth-order valence-electron chi connectivity index (χ4n) is 4.13. The quantitative estimate of drug-likeness (QED) is 0.608. The van der Waals surface area contributed by atoms with E-state index in [4.69, 9.17) is 4.74 Å². The smallest absolute Gasteiger partial charge is 0.233 e. The van der Waals surface area contributed by atoms with Gasteiger partial charge >= 0.3 is 0 Å². The van der Waals surface area contributed by atoms with E-state index >= 15 is 0 Å². The summed E-state index contributed by atoms with van der Waals surface area (Å²) in [4.78, 5) is 2.20. The Balaban J connectivity index is 1.34. The summed E-state index contributed by atoms with van der Waals surface area (Å²) in [5, 5.41) is 30.5. The number of nitrogens with zero attached hydrogens (tertiary/aromatic N) is 5. The largest absolute Gasteiger partial charge is 0.507 e. The highest BCUT2D eigenvalue weighted by molar-refractivity contribution is 5.75. The molecule has 3 heterocycles. The minimum absolute atomic E-state index is 0.0951. The lowest BCUT2D eigenvalue weighted by Crippen LogP contribution is -2.40. The van der Waals surface area contributed by atoms with Crippen molar-refractivity contribution in [2.24, 2.45) is 0 Å². The average Bonchev–Trinajstić information content (AvgIpc) is 3.35. The summed E-state index contributed by atoms with van der Waals surface area (Å²) >= 11 is 0. The second kappa shape index (κ2) is 7.98. The molecule has 2 aliphatic rings. The zero-order valence-corrected chi connectivity index (χ0v) is 18.0. The van der Waals surface area contributed by atoms with Crippen LogP contribution >= 0.6 is 0 Å². The number of methoxy groups -OCH3 is 1. The van der Waals surface area contributed by atoms with Crippen LogP contribution in [0.5, 0.6) is 11.6 Å². The molecule has 1 atom stereocenters. The number of rotatable bonds is 6. The van der Waals surface area contributed by atoms with Crippen LogP contribution in [0.15, 0.2) is 36.5 Å². The van der Waals surface area contributed by atoms with Crippen LogP contribution in [0, 0.1) is 5.82 Å². The molecule has 1 saturated carbocycles. The number of halogens is 1. The van der Waals surface area contributed by atoms with E-state index in [1.165, 1.54) is 38.3 Å². The van der Waals surface area contributed by atoms with Gasteiger partial charge in [-0.3, -0.25) is 0 Å². The molecule has 0 amide bonds. The summed E-state index contributed by atoms with van der Waals surface area (Å²) in [6, 6.07) is 8.25. The Kier molecular flexibility index (Phi) is 5.13. The zero-order chi connectivity index (χ0) is 22.3. The van der Waals surface area contributed by atoms with Crippen LogP contribution in [0.25, 0.3) is 22.4 Å².